The maximum Gasteiger partial charge on any atom is 0.293 e. The van der Waals surface area contributed by atoms with E-state index < -0.39 is 31.4 Å². The Morgan fingerprint density at radius 3 is 2.29 bits per heavy atom. The molecule has 1 heterocycles. The van der Waals surface area contributed by atoms with Crippen molar-refractivity contribution >= 4 is 45.0 Å². The second kappa shape index (κ2) is 20.6. The van der Waals surface area contributed by atoms with E-state index in [0.717, 1.165) is 60.4 Å². The van der Waals surface area contributed by atoms with Crippen LogP contribution < -0.4 is 14.8 Å². The fourth-order valence-corrected chi connectivity index (χ4v) is 8.38. The largest absolute Gasteiger partial charge is 0.496 e. The van der Waals surface area contributed by atoms with E-state index in [0.29, 0.717) is 37.4 Å². The van der Waals surface area contributed by atoms with Gasteiger partial charge in [0.1, 0.15) is 11.4 Å². The highest BCUT2D eigenvalue weighted by atomic mass is 32.2. The van der Waals surface area contributed by atoms with Crippen LogP contribution in [0.4, 0.5) is 11.4 Å². The first kappa shape index (κ1) is 44.1. The molecule has 1 fully saturated rings. The molecular weight excluding hydrogens is 779 g/mol. The van der Waals surface area contributed by atoms with Gasteiger partial charge < -0.3 is 24.8 Å². The van der Waals surface area contributed by atoms with Crippen molar-refractivity contribution in [1.29, 1.82) is 0 Å². The number of aryl methyl sites for hydroxylation is 1. The average Bonchev–Trinajstić information content (AvgIpc) is 3.21. The van der Waals surface area contributed by atoms with Crippen LogP contribution in [0.1, 0.15) is 22.3 Å². The smallest absolute Gasteiger partial charge is 0.293 e. The predicted octanol–water partition coefficient (Wildman–Crippen LogP) is 5.16. The van der Waals surface area contributed by atoms with E-state index in [1.165, 1.54) is 24.3 Å². The van der Waals surface area contributed by atoms with Gasteiger partial charge in [-0.25, -0.2) is 13.1 Å². The van der Waals surface area contributed by atoms with Crippen molar-refractivity contribution in [3.63, 3.8) is 0 Å². The molecule has 2 amide bonds. The molecule has 0 aromatic heterocycles. The average molecular weight is 832 g/mol. The zero-order valence-corrected chi connectivity index (χ0v) is 35.4. The molecule has 5 rings (SSSR count). The van der Waals surface area contributed by atoms with Crippen molar-refractivity contribution in [2.75, 3.05) is 92.2 Å². The third-order valence-corrected chi connectivity index (χ3v) is 12.5. The Kier molecular flexibility index (Phi) is 15.7. The monoisotopic (exact) mass is 831 g/mol. The van der Waals surface area contributed by atoms with Gasteiger partial charge in [0.25, 0.3) is 21.6 Å². The summed E-state index contributed by atoms with van der Waals surface area (Å²) in [6, 6.07) is 25.4. The molecule has 0 unspecified atom stereocenters. The van der Waals surface area contributed by atoms with Gasteiger partial charge in [-0.05, 0) is 81.2 Å². The topological polar surface area (TPSA) is 158 Å². The normalized spacial score (nSPS) is 14.2. The van der Waals surface area contributed by atoms with E-state index in [2.05, 4.69) is 26.9 Å². The number of methoxy groups -OCH3 is 1. The van der Waals surface area contributed by atoms with Crippen LogP contribution in [0.25, 0.3) is 11.1 Å². The van der Waals surface area contributed by atoms with E-state index in [9.17, 15) is 28.1 Å². The summed E-state index contributed by atoms with van der Waals surface area (Å²) >= 11 is 1.64. The number of piperazine rings is 1. The van der Waals surface area contributed by atoms with E-state index in [1.54, 1.807) is 43.0 Å². The summed E-state index contributed by atoms with van der Waals surface area (Å²) in [6.45, 7) is 5.66. The SMILES string of the molecule is COc1cc(CCC(=O)N(C)CCN(C)C)ccc1-c1ccc(C(=O)NS(=O)(=O)c2ccc(N[C@@H](CSc3ccccc3)CN3CCN(C)CC3)c([N+](=O)[O-])c2)cc1. The van der Waals surface area contributed by atoms with E-state index >= 15 is 0 Å². The number of sulfonamides is 1. The number of carbonyl (C=O) groups is 2. The quantitative estimate of drug-likeness (QED) is 0.0728. The Hall–Kier alpha value is -5.00. The van der Waals surface area contributed by atoms with Crippen molar-refractivity contribution in [1.82, 2.24) is 24.3 Å². The van der Waals surface area contributed by atoms with Gasteiger partial charge in [0.05, 0.1) is 16.9 Å². The van der Waals surface area contributed by atoms with Gasteiger partial charge in [0, 0.05) is 93.2 Å². The minimum absolute atomic E-state index is 0.0581. The number of rotatable bonds is 19. The molecule has 14 nitrogen and oxygen atoms in total. The summed E-state index contributed by atoms with van der Waals surface area (Å²) < 4.78 is 34.6. The van der Waals surface area contributed by atoms with Gasteiger partial charge in [-0.1, -0.05) is 42.5 Å². The minimum atomic E-state index is -4.48. The summed E-state index contributed by atoms with van der Waals surface area (Å²) in [5.41, 5.74) is 2.29. The van der Waals surface area contributed by atoms with E-state index in [-0.39, 0.29) is 23.2 Å². The van der Waals surface area contributed by atoms with E-state index in [4.69, 9.17) is 4.74 Å². The van der Waals surface area contributed by atoms with Crippen LogP contribution in [0.2, 0.25) is 0 Å². The van der Waals surface area contributed by atoms with Crippen LogP contribution >= 0.6 is 11.8 Å². The molecule has 1 aliphatic rings. The second-order valence-corrected chi connectivity index (χ2v) is 17.4. The lowest BCUT2D eigenvalue weighted by Crippen LogP contribution is -2.48. The number of nitro benzene ring substituents is 1. The lowest BCUT2D eigenvalue weighted by molar-refractivity contribution is -0.384. The number of nitro groups is 1. The molecule has 1 aliphatic heterocycles. The molecule has 4 aromatic carbocycles. The Morgan fingerprint density at radius 1 is 0.931 bits per heavy atom. The van der Waals surface area contributed by atoms with Gasteiger partial charge in [-0.3, -0.25) is 24.6 Å². The molecule has 0 spiro atoms. The predicted molar refractivity (Wildman–Crippen MR) is 229 cm³/mol. The molecule has 2 N–H and O–H groups in total. The van der Waals surface area contributed by atoms with Crippen LogP contribution in [0.3, 0.4) is 0 Å². The lowest BCUT2D eigenvalue weighted by atomic mass is 9.99. The molecule has 4 aromatic rings. The van der Waals surface area contributed by atoms with Crippen LogP contribution in [0.15, 0.2) is 101 Å². The Morgan fingerprint density at radius 2 is 1.64 bits per heavy atom. The highest BCUT2D eigenvalue weighted by Crippen LogP contribution is 2.32. The third-order valence-electron chi connectivity index (χ3n) is 9.99. The van der Waals surface area contributed by atoms with Crippen LogP contribution in [0.5, 0.6) is 5.75 Å². The maximum atomic E-state index is 13.4. The van der Waals surface area contributed by atoms with Crippen LogP contribution in [-0.2, 0) is 21.2 Å². The number of thioether (sulfide) groups is 1. The Labute approximate surface area is 345 Å². The van der Waals surface area contributed by atoms with Crippen molar-refractivity contribution in [3.05, 3.63) is 112 Å². The van der Waals surface area contributed by atoms with Crippen molar-refractivity contribution in [2.45, 2.75) is 28.7 Å². The summed E-state index contributed by atoms with van der Waals surface area (Å²) in [6.07, 6.45) is 0.905. The van der Waals surface area contributed by atoms with Crippen molar-refractivity contribution in [2.24, 2.45) is 0 Å². The number of benzene rings is 4. The number of ether oxygens (including phenoxy) is 1. The molecule has 0 saturated carbocycles. The summed E-state index contributed by atoms with van der Waals surface area (Å²) in [5, 5.41) is 15.6. The minimum Gasteiger partial charge on any atom is -0.496 e. The first-order chi connectivity index (χ1) is 27.7. The number of nitrogens with one attached hydrogen (secondary N) is 2. The standard InChI is InChI=1S/C42H53N7O7S2/c1-45(2)21-24-47(4)41(50)20-12-31-11-18-37(40(27-31)56-5)32-13-15-33(16-14-32)42(51)44-58(54,55)36-17-19-38(39(28-36)49(52)53)43-34(29-48-25-22-46(3)23-26-48)30-57-35-9-7-6-8-10-35/h6-11,13-19,27-28,34,43H,12,20-26,29-30H2,1-5H3,(H,44,51)/t34-/m1/s1. The maximum absolute atomic E-state index is 13.4. The molecule has 58 heavy (non-hydrogen) atoms. The molecule has 1 atom stereocenters. The van der Waals surface area contributed by atoms with Gasteiger partial charge >= 0.3 is 0 Å². The first-order valence-electron chi connectivity index (χ1n) is 19.1. The first-order valence-corrected chi connectivity index (χ1v) is 21.6. The second-order valence-electron chi connectivity index (χ2n) is 14.7. The van der Waals surface area contributed by atoms with Crippen LogP contribution in [0, 0.1) is 10.1 Å². The van der Waals surface area contributed by atoms with Crippen molar-refractivity contribution < 1.29 is 27.7 Å². The molecule has 16 heteroatoms. The highest BCUT2D eigenvalue weighted by Gasteiger charge is 2.26. The molecule has 0 radical (unpaired) electrons. The lowest BCUT2D eigenvalue weighted by Gasteiger charge is -2.35. The summed E-state index contributed by atoms with van der Waals surface area (Å²) in [5.74, 6) is 0.385. The fraction of sp³-hybridized carbons (Fsp3) is 0.381. The number of likely N-dealkylation sites (N-methyl/N-ethyl adjacent to an activating group) is 3. The number of amides is 2. The Bertz CT molecular complexity index is 2130. The summed E-state index contributed by atoms with van der Waals surface area (Å²) in [4.78, 5) is 46.5. The highest BCUT2D eigenvalue weighted by molar-refractivity contribution is 7.99. The number of hydrogen-bond acceptors (Lipinski definition) is 12. The Balaban J connectivity index is 1.25. The molecule has 0 bridgehead atoms. The number of carbonyl (C=O) groups excluding carboxylic acids is 2. The van der Waals surface area contributed by atoms with Crippen molar-refractivity contribution in [3.8, 4) is 16.9 Å². The molecule has 0 aliphatic carbocycles. The van der Waals surface area contributed by atoms with Gasteiger partial charge in [0.15, 0.2) is 0 Å². The van der Waals surface area contributed by atoms with Gasteiger partial charge in [0.2, 0.25) is 5.91 Å². The van der Waals surface area contributed by atoms with Gasteiger partial charge in [-0.2, -0.15) is 0 Å². The molecular formula is C42H53N7O7S2. The number of anilines is 1. The number of hydrogen-bond donors (Lipinski definition) is 2. The van der Waals surface area contributed by atoms with Crippen LogP contribution in [-0.4, -0.2) is 138 Å². The third kappa shape index (κ3) is 12.5. The zero-order valence-electron chi connectivity index (χ0n) is 33.7. The zero-order chi connectivity index (χ0) is 41.8. The van der Waals surface area contributed by atoms with Gasteiger partial charge in [-0.15, -0.1) is 11.8 Å². The van der Waals surface area contributed by atoms with E-state index in [1.807, 2.05) is 67.5 Å². The fourth-order valence-electron chi connectivity index (χ4n) is 6.45. The molecule has 1 saturated heterocycles. The summed E-state index contributed by atoms with van der Waals surface area (Å²) in [7, 11) is 4.89. The molecule has 310 valence electrons. The number of nitrogens with zero attached hydrogens (tertiary/aromatic N) is 5.